The number of aryl methyl sites for hydroxylation is 1. The summed E-state index contributed by atoms with van der Waals surface area (Å²) >= 11 is 0. The van der Waals surface area contributed by atoms with Gasteiger partial charge in [-0.2, -0.15) is 0 Å². The third-order valence-electron chi connectivity index (χ3n) is 5.63. The fourth-order valence-corrected chi connectivity index (χ4v) is 4.33. The molecule has 0 radical (unpaired) electrons. The van der Waals surface area contributed by atoms with Crippen molar-refractivity contribution in [2.24, 2.45) is 5.92 Å². The van der Waals surface area contributed by atoms with Gasteiger partial charge in [-0.1, -0.05) is 25.1 Å². The number of rotatable bonds is 3. The number of amides is 1. The molecule has 1 aromatic heterocycles. The van der Waals surface area contributed by atoms with Crippen molar-refractivity contribution in [2.45, 2.75) is 39.5 Å². The zero-order valence-corrected chi connectivity index (χ0v) is 17.3. The number of phenols is 1. The third-order valence-corrected chi connectivity index (χ3v) is 5.63. The van der Waals surface area contributed by atoms with Crippen LogP contribution in [0.1, 0.15) is 43.9 Å². The second-order valence-corrected chi connectivity index (χ2v) is 8.14. The number of allylic oxidation sites excluding steroid dienone is 3. The van der Waals surface area contributed by atoms with E-state index in [9.17, 15) is 14.7 Å². The molecule has 1 aliphatic heterocycles. The maximum atomic E-state index is 13.4. The van der Waals surface area contributed by atoms with Crippen LogP contribution < -0.4 is 10.6 Å². The molecule has 2 atom stereocenters. The molecule has 0 spiro atoms. The molecular formula is C24H25N3O3. The molecule has 2 heterocycles. The maximum Gasteiger partial charge on any atom is 0.255 e. The van der Waals surface area contributed by atoms with Crippen LogP contribution in [0.5, 0.6) is 5.75 Å². The molecule has 2 aromatic rings. The van der Waals surface area contributed by atoms with E-state index < -0.39 is 5.92 Å². The van der Waals surface area contributed by atoms with Crippen LogP contribution in [0.15, 0.2) is 65.0 Å². The highest BCUT2D eigenvalue weighted by molar-refractivity contribution is 6.09. The molecule has 1 aliphatic carbocycles. The number of hydrogen-bond donors (Lipinski definition) is 3. The van der Waals surface area contributed by atoms with Gasteiger partial charge in [0.15, 0.2) is 5.78 Å². The zero-order valence-electron chi connectivity index (χ0n) is 17.3. The predicted octanol–water partition coefficient (Wildman–Crippen LogP) is 3.95. The number of phenolic OH excluding ortho intramolecular Hbond substituents is 1. The van der Waals surface area contributed by atoms with Gasteiger partial charge in [0.1, 0.15) is 11.6 Å². The van der Waals surface area contributed by atoms with E-state index in [2.05, 4.69) is 22.5 Å². The van der Waals surface area contributed by atoms with E-state index in [1.54, 1.807) is 30.3 Å². The van der Waals surface area contributed by atoms with Crippen LogP contribution in [-0.2, 0) is 9.59 Å². The highest BCUT2D eigenvalue weighted by Gasteiger charge is 2.39. The van der Waals surface area contributed by atoms with Gasteiger partial charge in [-0.15, -0.1) is 0 Å². The second kappa shape index (κ2) is 7.78. The van der Waals surface area contributed by atoms with Crippen molar-refractivity contribution >= 4 is 17.5 Å². The molecule has 0 bridgehead atoms. The Hall–Kier alpha value is -3.41. The van der Waals surface area contributed by atoms with Crippen molar-refractivity contribution in [1.82, 2.24) is 10.3 Å². The van der Waals surface area contributed by atoms with E-state index in [-0.39, 0.29) is 23.4 Å². The first-order valence-electron chi connectivity index (χ1n) is 10.1. The molecule has 0 unspecified atom stereocenters. The first-order chi connectivity index (χ1) is 14.3. The fourth-order valence-electron chi connectivity index (χ4n) is 4.33. The predicted molar refractivity (Wildman–Crippen MR) is 115 cm³/mol. The summed E-state index contributed by atoms with van der Waals surface area (Å²) in [6, 6.07) is 12.1. The minimum Gasteiger partial charge on any atom is -0.508 e. The lowest BCUT2D eigenvalue weighted by molar-refractivity contribution is -0.117. The van der Waals surface area contributed by atoms with Crippen LogP contribution in [0.2, 0.25) is 0 Å². The van der Waals surface area contributed by atoms with Gasteiger partial charge in [0.25, 0.3) is 5.91 Å². The van der Waals surface area contributed by atoms with E-state index in [0.717, 1.165) is 29.1 Å². The van der Waals surface area contributed by atoms with Crippen LogP contribution >= 0.6 is 0 Å². The first kappa shape index (κ1) is 19.9. The largest absolute Gasteiger partial charge is 0.508 e. The molecule has 1 amide bonds. The zero-order chi connectivity index (χ0) is 21.4. The SMILES string of the molecule is CC1=C(C(=O)Nc2cccc(C)n2)[C@@H](c2ccc(O)cc2)C2=C(C[C@H](C)CC2=O)N1. The second-order valence-electron chi connectivity index (χ2n) is 8.14. The van der Waals surface area contributed by atoms with Crippen LogP contribution in [-0.4, -0.2) is 21.8 Å². The quantitative estimate of drug-likeness (QED) is 0.722. The molecule has 2 aliphatic rings. The normalized spacial score (nSPS) is 21.2. The number of anilines is 1. The van der Waals surface area contributed by atoms with Gasteiger partial charge in [-0.3, -0.25) is 9.59 Å². The lowest BCUT2D eigenvalue weighted by atomic mass is 9.73. The molecule has 4 rings (SSSR count). The van der Waals surface area contributed by atoms with Gasteiger partial charge < -0.3 is 15.7 Å². The van der Waals surface area contributed by atoms with Crippen LogP contribution in [0.3, 0.4) is 0 Å². The summed E-state index contributed by atoms with van der Waals surface area (Å²) in [6.07, 6.45) is 1.23. The third kappa shape index (κ3) is 3.73. The van der Waals surface area contributed by atoms with Crippen LogP contribution in [0.4, 0.5) is 5.82 Å². The highest BCUT2D eigenvalue weighted by Crippen LogP contribution is 2.43. The number of dihydropyridines is 1. The van der Waals surface area contributed by atoms with Gasteiger partial charge in [0.05, 0.1) is 0 Å². The number of nitrogens with zero attached hydrogens (tertiary/aromatic N) is 1. The van der Waals surface area contributed by atoms with Crippen molar-refractivity contribution in [3.8, 4) is 5.75 Å². The van der Waals surface area contributed by atoms with Gasteiger partial charge in [0.2, 0.25) is 0 Å². The number of ketones is 1. The summed E-state index contributed by atoms with van der Waals surface area (Å²) in [6.45, 7) is 5.78. The van der Waals surface area contributed by atoms with Crippen molar-refractivity contribution in [3.05, 3.63) is 76.3 Å². The summed E-state index contributed by atoms with van der Waals surface area (Å²) in [7, 11) is 0. The first-order valence-corrected chi connectivity index (χ1v) is 10.1. The van der Waals surface area contributed by atoms with Gasteiger partial charge in [-0.25, -0.2) is 4.98 Å². The van der Waals surface area contributed by atoms with E-state index >= 15 is 0 Å². The number of pyridine rings is 1. The number of carbonyl (C=O) groups excluding carboxylic acids is 2. The van der Waals surface area contributed by atoms with Crippen LogP contribution in [0, 0.1) is 12.8 Å². The number of nitrogens with one attached hydrogen (secondary N) is 2. The number of carbonyl (C=O) groups is 2. The van der Waals surface area contributed by atoms with E-state index in [4.69, 9.17) is 0 Å². The molecule has 0 fully saturated rings. The Labute approximate surface area is 175 Å². The minimum absolute atomic E-state index is 0.0563. The Morgan fingerprint density at radius 1 is 1.13 bits per heavy atom. The Morgan fingerprint density at radius 2 is 1.87 bits per heavy atom. The number of hydrogen-bond acceptors (Lipinski definition) is 5. The number of Topliss-reactive ketones (excluding diaryl/α,β-unsaturated/α-hetero) is 1. The number of aromatic hydroxyl groups is 1. The molecule has 1 aromatic carbocycles. The maximum absolute atomic E-state index is 13.4. The topological polar surface area (TPSA) is 91.3 Å². The lowest BCUT2D eigenvalue weighted by Gasteiger charge is -2.36. The average molecular weight is 403 g/mol. The van der Waals surface area contributed by atoms with Gasteiger partial charge in [-0.05, 0) is 56.0 Å². The van der Waals surface area contributed by atoms with E-state index in [1.165, 1.54) is 0 Å². The summed E-state index contributed by atoms with van der Waals surface area (Å²) < 4.78 is 0. The monoisotopic (exact) mass is 403 g/mol. The van der Waals surface area contributed by atoms with Crippen LogP contribution in [0.25, 0.3) is 0 Å². The van der Waals surface area contributed by atoms with Crippen molar-refractivity contribution in [1.29, 1.82) is 0 Å². The summed E-state index contributed by atoms with van der Waals surface area (Å²) in [5, 5.41) is 15.9. The summed E-state index contributed by atoms with van der Waals surface area (Å²) in [5.41, 5.74) is 4.35. The number of benzene rings is 1. The summed E-state index contributed by atoms with van der Waals surface area (Å²) in [5.74, 6) is 0.125. The highest BCUT2D eigenvalue weighted by atomic mass is 16.3. The summed E-state index contributed by atoms with van der Waals surface area (Å²) in [4.78, 5) is 30.8. The minimum atomic E-state index is -0.494. The van der Waals surface area contributed by atoms with Gasteiger partial charge in [0, 0.05) is 40.6 Å². The lowest BCUT2D eigenvalue weighted by Crippen LogP contribution is -2.37. The Bertz CT molecular complexity index is 1080. The molecule has 30 heavy (non-hydrogen) atoms. The fraction of sp³-hybridized carbons (Fsp3) is 0.292. The smallest absolute Gasteiger partial charge is 0.255 e. The Balaban J connectivity index is 1.79. The molecule has 3 N–H and O–H groups in total. The van der Waals surface area contributed by atoms with Crippen molar-refractivity contribution < 1.29 is 14.7 Å². The Morgan fingerprint density at radius 3 is 2.57 bits per heavy atom. The standard InChI is InChI=1S/C24H25N3O3/c1-13-11-18-23(19(29)12-13)22(16-7-9-17(28)10-8-16)21(15(3)26-18)24(30)27-20-6-4-5-14(2)25-20/h4-10,13,22,26,28H,11-12H2,1-3H3,(H,25,27,30)/t13-,22+/m0/s1. The molecule has 0 saturated heterocycles. The Kier molecular flexibility index (Phi) is 5.16. The molecule has 0 saturated carbocycles. The molecular weight excluding hydrogens is 378 g/mol. The molecule has 154 valence electrons. The molecule has 6 heteroatoms. The molecule has 6 nitrogen and oxygen atoms in total. The van der Waals surface area contributed by atoms with E-state index in [1.807, 2.05) is 26.0 Å². The van der Waals surface area contributed by atoms with Gasteiger partial charge >= 0.3 is 0 Å². The van der Waals surface area contributed by atoms with E-state index in [0.29, 0.717) is 23.4 Å². The van der Waals surface area contributed by atoms with Crippen molar-refractivity contribution in [2.75, 3.05) is 5.32 Å². The van der Waals surface area contributed by atoms with Crippen molar-refractivity contribution in [3.63, 3.8) is 0 Å². The average Bonchev–Trinajstić information content (AvgIpc) is 2.67. The number of aromatic nitrogens is 1.